The van der Waals surface area contributed by atoms with Crippen LogP contribution in [0.5, 0.6) is 0 Å². The molecule has 0 amide bonds. The molecule has 4 aromatic rings. The van der Waals surface area contributed by atoms with Gasteiger partial charge in [-0.05, 0) is 48.3 Å². The standard InChI is InChI=1S/C31H42F2N8O2/c1-17-23(43-29(26(17)42)41-16-37-25-27(34)35-15-36-28(25)41)13-40(14-31(5,32)33)20-10-18(11-20)6-9-24-38-21-8-7-19(30(2,3)4)12-22(21)39-24/h7-8,12,15-18,20,23,26,29,42H,6,9-11,13-14H2,1-5H3,(H,38,39)(H2,34,35,36). The van der Waals surface area contributed by atoms with E-state index in [1.165, 1.54) is 18.2 Å². The largest absolute Gasteiger partial charge is 0.388 e. The van der Waals surface area contributed by atoms with Crippen LogP contribution in [-0.2, 0) is 16.6 Å². The second-order valence-electron chi connectivity index (χ2n) is 13.7. The number of aliphatic hydroxyl groups excluding tert-OH is 1. The Morgan fingerprint density at radius 3 is 2.65 bits per heavy atom. The van der Waals surface area contributed by atoms with Crippen LogP contribution in [0.4, 0.5) is 14.6 Å². The van der Waals surface area contributed by atoms with Crippen molar-refractivity contribution in [1.82, 2.24) is 34.4 Å². The third kappa shape index (κ3) is 6.09. The Morgan fingerprint density at radius 1 is 1.16 bits per heavy atom. The molecule has 0 radical (unpaired) electrons. The van der Waals surface area contributed by atoms with Crippen molar-refractivity contribution in [2.75, 3.05) is 18.8 Å². The molecule has 3 aromatic heterocycles. The van der Waals surface area contributed by atoms with Gasteiger partial charge in [-0.15, -0.1) is 0 Å². The lowest BCUT2D eigenvalue weighted by atomic mass is 9.76. The predicted octanol–water partition coefficient (Wildman–Crippen LogP) is 4.85. The first kappa shape index (κ1) is 29.8. The Morgan fingerprint density at radius 2 is 1.93 bits per heavy atom. The number of imidazole rings is 2. The average molecular weight is 597 g/mol. The number of alkyl halides is 2. The fourth-order valence-electron chi connectivity index (χ4n) is 6.51. The van der Waals surface area contributed by atoms with E-state index in [0.29, 0.717) is 23.6 Å². The summed E-state index contributed by atoms with van der Waals surface area (Å²) in [6, 6.07) is 6.43. The van der Waals surface area contributed by atoms with E-state index in [-0.39, 0.29) is 29.7 Å². The van der Waals surface area contributed by atoms with Crippen molar-refractivity contribution in [3.05, 3.63) is 42.2 Å². The van der Waals surface area contributed by atoms with Crippen LogP contribution in [0.25, 0.3) is 22.2 Å². The summed E-state index contributed by atoms with van der Waals surface area (Å²) in [6.45, 7) is 9.40. The van der Waals surface area contributed by atoms with Gasteiger partial charge in [-0.3, -0.25) is 9.47 Å². The Labute approximate surface area is 250 Å². The molecular weight excluding hydrogens is 554 g/mol. The highest BCUT2D eigenvalue weighted by Crippen LogP contribution is 2.40. The SMILES string of the molecule is CC1C(CN(CC(C)(F)F)C2CC(CCc3nc4ccc(C(C)(C)C)cc4[nH]3)C2)OC(n2cnc3c(N)ncnc32)C1O. The normalized spacial score (nSPS) is 26.5. The number of anilines is 1. The molecule has 6 rings (SSSR count). The lowest BCUT2D eigenvalue weighted by Crippen LogP contribution is -2.52. The van der Waals surface area contributed by atoms with Crippen LogP contribution in [0, 0.1) is 11.8 Å². The summed E-state index contributed by atoms with van der Waals surface area (Å²) < 4.78 is 36.6. The third-order valence-corrected chi connectivity index (χ3v) is 9.20. The van der Waals surface area contributed by atoms with E-state index >= 15 is 0 Å². The van der Waals surface area contributed by atoms with Gasteiger partial charge in [0.2, 0.25) is 0 Å². The number of hydrogen-bond acceptors (Lipinski definition) is 8. The molecule has 0 bridgehead atoms. The number of H-pyrrole nitrogens is 1. The smallest absolute Gasteiger partial charge is 0.257 e. The molecule has 1 aliphatic heterocycles. The maximum Gasteiger partial charge on any atom is 0.257 e. The van der Waals surface area contributed by atoms with E-state index in [1.54, 1.807) is 4.57 Å². The molecule has 43 heavy (non-hydrogen) atoms. The van der Waals surface area contributed by atoms with E-state index < -0.39 is 24.4 Å². The molecule has 1 aliphatic carbocycles. The van der Waals surface area contributed by atoms with Gasteiger partial charge < -0.3 is 20.6 Å². The number of hydrogen-bond donors (Lipinski definition) is 3. The quantitative estimate of drug-likeness (QED) is 0.250. The number of aliphatic hydroxyl groups is 1. The second kappa shape index (κ2) is 11.0. The topological polar surface area (TPSA) is 131 Å². The molecule has 10 nitrogen and oxygen atoms in total. The van der Waals surface area contributed by atoms with Crippen LogP contribution < -0.4 is 5.73 Å². The molecule has 4 N–H and O–H groups in total. The first-order valence-corrected chi connectivity index (χ1v) is 15.1. The molecule has 232 valence electrons. The number of nitrogen functional groups attached to an aromatic ring is 1. The van der Waals surface area contributed by atoms with Crippen molar-refractivity contribution >= 4 is 28.0 Å². The monoisotopic (exact) mass is 596 g/mol. The molecule has 4 unspecified atom stereocenters. The average Bonchev–Trinajstić information content (AvgIpc) is 3.58. The minimum atomic E-state index is -2.85. The fourth-order valence-corrected chi connectivity index (χ4v) is 6.51. The molecule has 12 heteroatoms. The number of benzene rings is 1. The predicted molar refractivity (Wildman–Crippen MR) is 161 cm³/mol. The minimum absolute atomic E-state index is 0.0365. The summed E-state index contributed by atoms with van der Waals surface area (Å²) in [4.78, 5) is 22.6. The van der Waals surface area contributed by atoms with Gasteiger partial charge in [-0.2, -0.15) is 0 Å². The molecular formula is C31H42F2N8O2. The molecule has 2 fully saturated rings. The summed E-state index contributed by atoms with van der Waals surface area (Å²) in [5.41, 5.74) is 10.2. The Hall–Kier alpha value is -3.22. The van der Waals surface area contributed by atoms with Crippen molar-refractivity contribution in [3.63, 3.8) is 0 Å². The Kier molecular flexibility index (Phi) is 7.67. The number of aryl methyl sites for hydroxylation is 1. The van der Waals surface area contributed by atoms with Crippen LogP contribution in [0.1, 0.15) is 71.5 Å². The first-order valence-electron chi connectivity index (χ1n) is 15.1. The molecule has 2 aliphatic rings. The van der Waals surface area contributed by atoms with E-state index in [0.717, 1.165) is 49.5 Å². The molecule has 4 atom stereocenters. The van der Waals surface area contributed by atoms with E-state index in [2.05, 4.69) is 58.9 Å². The summed E-state index contributed by atoms with van der Waals surface area (Å²) in [5.74, 6) is -1.48. The number of ether oxygens (including phenoxy) is 1. The zero-order valence-electron chi connectivity index (χ0n) is 25.5. The molecule has 1 aromatic carbocycles. The van der Waals surface area contributed by atoms with Gasteiger partial charge in [-0.25, -0.2) is 28.7 Å². The van der Waals surface area contributed by atoms with E-state index in [9.17, 15) is 13.9 Å². The van der Waals surface area contributed by atoms with Gasteiger partial charge in [-0.1, -0.05) is 33.8 Å². The number of nitrogens with one attached hydrogen (secondary N) is 1. The van der Waals surface area contributed by atoms with Crippen molar-refractivity contribution in [2.45, 2.75) is 96.1 Å². The summed E-state index contributed by atoms with van der Waals surface area (Å²) in [5, 5.41) is 11.1. The van der Waals surface area contributed by atoms with Gasteiger partial charge in [0, 0.05) is 31.8 Å². The molecule has 0 spiro atoms. The summed E-state index contributed by atoms with van der Waals surface area (Å²) in [6.07, 6.45) is 4.29. The summed E-state index contributed by atoms with van der Waals surface area (Å²) >= 11 is 0. The number of halogens is 2. The maximum absolute atomic E-state index is 14.3. The van der Waals surface area contributed by atoms with Gasteiger partial charge in [0.25, 0.3) is 5.92 Å². The van der Waals surface area contributed by atoms with Crippen LogP contribution in [-0.4, -0.2) is 76.8 Å². The van der Waals surface area contributed by atoms with Crippen molar-refractivity contribution in [2.24, 2.45) is 11.8 Å². The Bertz CT molecular complexity index is 1590. The van der Waals surface area contributed by atoms with Crippen molar-refractivity contribution in [3.8, 4) is 0 Å². The van der Waals surface area contributed by atoms with Crippen LogP contribution in [0.3, 0.4) is 0 Å². The third-order valence-electron chi connectivity index (χ3n) is 9.20. The number of rotatable bonds is 9. The van der Waals surface area contributed by atoms with E-state index in [4.69, 9.17) is 15.5 Å². The van der Waals surface area contributed by atoms with E-state index in [1.807, 2.05) is 11.8 Å². The van der Waals surface area contributed by atoms with Gasteiger partial charge in [0.15, 0.2) is 17.7 Å². The highest BCUT2D eigenvalue weighted by molar-refractivity contribution is 5.81. The number of nitrogens with zero attached hydrogens (tertiary/aromatic N) is 6. The highest BCUT2D eigenvalue weighted by atomic mass is 19.3. The molecule has 1 saturated carbocycles. The highest BCUT2D eigenvalue weighted by Gasteiger charge is 2.46. The first-order chi connectivity index (χ1) is 20.3. The zero-order valence-corrected chi connectivity index (χ0v) is 25.5. The number of nitrogens with two attached hydrogens (primary N) is 1. The van der Waals surface area contributed by atoms with Crippen LogP contribution in [0.2, 0.25) is 0 Å². The van der Waals surface area contributed by atoms with Crippen LogP contribution >= 0.6 is 0 Å². The zero-order chi connectivity index (χ0) is 30.7. The van der Waals surface area contributed by atoms with Crippen molar-refractivity contribution in [1.29, 1.82) is 0 Å². The molecule has 4 heterocycles. The number of aromatic nitrogens is 6. The van der Waals surface area contributed by atoms with Crippen LogP contribution in [0.15, 0.2) is 30.9 Å². The van der Waals surface area contributed by atoms with Gasteiger partial charge >= 0.3 is 0 Å². The van der Waals surface area contributed by atoms with Crippen molar-refractivity contribution < 1.29 is 18.6 Å². The van der Waals surface area contributed by atoms with Gasteiger partial charge in [0.05, 0.1) is 30.0 Å². The van der Waals surface area contributed by atoms with Gasteiger partial charge in [0.1, 0.15) is 23.8 Å². The lowest BCUT2D eigenvalue weighted by Gasteiger charge is -2.45. The second-order valence-corrected chi connectivity index (χ2v) is 13.7. The summed E-state index contributed by atoms with van der Waals surface area (Å²) in [7, 11) is 0. The molecule has 1 saturated heterocycles. The Balaban J connectivity index is 1.08. The fraction of sp³-hybridized carbons (Fsp3) is 0.613. The minimum Gasteiger partial charge on any atom is -0.388 e. The maximum atomic E-state index is 14.3. The number of fused-ring (bicyclic) bond motifs is 2. The lowest BCUT2D eigenvalue weighted by molar-refractivity contribution is -0.0807. The number of aromatic amines is 1.